The highest BCUT2D eigenvalue weighted by Crippen LogP contribution is 2.31. The molecule has 1 aliphatic heterocycles. The number of benzene rings is 1. The SMILES string of the molecule is CC1CC(Oc2cc(F)c(Cl)cc2N)CC(C)O1. The van der Waals surface area contributed by atoms with Crippen LogP contribution in [-0.2, 0) is 4.74 Å². The topological polar surface area (TPSA) is 44.5 Å². The first-order chi connectivity index (χ1) is 8.45. The van der Waals surface area contributed by atoms with Crippen molar-refractivity contribution in [2.75, 3.05) is 5.73 Å². The summed E-state index contributed by atoms with van der Waals surface area (Å²) >= 11 is 5.64. The van der Waals surface area contributed by atoms with E-state index in [-0.39, 0.29) is 23.3 Å². The van der Waals surface area contributed by atoms with Crippen molar-refractivity contribution in [1.29, 1.82) is 0 Å². The predicted molar refractivity (Wildman–Crippen MR) is 69.5 cm³/mol. The molecule has 1 aromatic carbocycles. The number of rotatable bonds is 2. The minimum Gasteiger partial charge on any atom is -0.488 e. The van der Waals surface area contributed by atoms with Crippen LogP contribution < -0.4 is 10.5 Å². The fraction of sp³-hybridized carbons (Fsp3) is 0.538. The van der Waals surface area contributed by atoms with Crippen molar-refractivity contribution < 1.29 is 13.9 Å². The van der Waals surface area contributed by atoms with Crippen LogP contribution in [-0.4, -0.2) is 18.3 Å². The van der Waals surface area contributed by atoms with Gasteiger partial charge in [0.2, 0.25) is 0 Å². The summed E-state index contributed by atoms with van der Waals surface area (Å²) in [7, 11) is 0. The first kappa shape index (κ1) is 13.4. The van der Waals surface area contributed by atoms with Gasteiger partial charge in [-0.3, -0.25) is 0 Å². The minimum absolute atomic E-state index is 0.00775. The molecule has 1 aliphatic rings. The molecule has 2 unspecified atom stereocenters. The Morgan fingerprint density at radius 2 is 1.94 bits per heavy atom. The molecule has 2 N–H and O–H groups in total. The van der Waals surface area contributed by atoms with Crippen molar-refractivity contribution in [3.8, 4) is 5.75 Å². The summed E-state index contributed by atoms with van der Waals surface area (Å²) in [6.45, 7) is 4.00. The molecular formula is C13H17ClFNO2. The molecule has 0 saturated carbocycles. The van der Waals surface area contributed by atoms with Gasteiger partial charge in [0.1, 0.15) is 17.7 Å². The van der Waals surface area contributed by atoms with Crippen molar-refractivity contribution in [2.45, 2.75) is 45.0 Å². The first-order valence-corrected chi connectivity index (χ1v) is 6.40. The second-order valence-corrected chi connectivity index (χ2v) is 5.18. The predicted octanol–water partition coefficient (Wildman–Crippen LogP) is 3.40. The number of ether oxygens (including phenoxy) is 2. The number of nitrogens with two attached hydrogens (primary N) is 1. The van der Waals surface area contributed by atoms with Gasteiger partial charge in [0.05, 0.1) is 22.9 Å². The number of hydrogen-bond donors (Lipinski definition) is 1. The van der Waals surface area contributed by atoms with E-state index in [1.165, 1.54) is 12.1 Å². The highest BCUT2D eigenvalue weighted by atomic mass is 35.5. The first-order valence-electron chi connectivity index (χ1n) is 6.02. The third-order valence-corrected chi connectivity index (χ3v) is 3.29. The van der Waals surface area contributed by atoms with Crippen LogP contribution in [0.15, 0.2) is 12.1 Å². The average Bonchev–Trinajstić information content (AvgIpc) is 2.24. The standard InChI is InChI=1S/C13H17ClFNO2/c1-7-3-9(4-8(2)17-7)18-13-6-11(15)10(14)5-12(13)16/h5-9H,3-4,16H2,1-2H3. The minimum atomic E-state index is -0.519. The lowest BCUT2D eigenvalue weighted by Gasteiger charge is -2.32. The van der Waals surface area contributed by atoms with Gasteiger partial charge in [-0.25, -0.2) is 4.39 Å². The highest BCUT2D eigenvalue weighted by Gasteiger charge is 2.26. The monoisotopic (exact) mass is 273 g/mol. The Labute approximate surface area is 111 Å². The quantitative estimate of drug-likeness (QED) is 0.840. The van der Waals surface area contributed by atoms with Crippen molar-refractivity contribution in [3.05, 3.63) is 23.0 Å². The highest BCUT2D eigenvalue weighted by molar-refractivity contribution is 6.31. The summed E-state index contributed by atoms with van der Waals surface area (Å²) < 4.78 is 24.8. The fourth-order valence-electron chi connectivity index (χ4n) is 2.27. The molecule has 0 aromatic heterocycles. The summed E-state index contributed by atoms with van der Waals surface area (Å²) in [5, 5.41) is 0.00793. The Balaban J connectivity index is 2.11. The molecule has 1 fully saturated rings. The third-order valence-electron chi connectivity index (χ3n) is 3.00. The smallest absolute Gasteiger partial charge is 0.145 e. The number of nitrogen functional groups attached to an aromatic ring is 1. The molecule has 100 valence electrons. The second kappa shape index (κ2) is 5.33. The molecular weight excluding hydrogens is 257 g/mol. The Morgan fingerprint density at radius 3 is 2.56 bits per heavy atom. The van der Waals surface area contributed by atoms with Gasteiger partial charge in [-0.15, -0.1) is 0 Å². The van der Waals surface area contributed by atoms with Gasteiger partial charge in [0, 0.05) is 18.9 Å². The lowest BCUT2D eigenvalue weighted by atomic mass is 10.0. The molecule has 0 radical (unpaired) electrons. The summed E-state index contributed by atoms with van der Waals surface area (Å²) in [6.07, 6.45) is 1.81. The summed E-state index contributed by atoms with van der Waals surface area (Å²) in [5.41, 5.74) is 6.12. The molecule has 3 nitrogen and oxygen atoms in total. The summed E-state index contributed by atoms with van der Waals surface area (Å²) in [5.74, 6) is -0.169. The van der Waals surface area contributed by atoms with E-state index >= 15 is 0 Å². The number of halogens is 2. The molecule has 0 aliphatic carbocycles. The molecule has 18 heavy (non-hydrogen) atoms. The van der Waals surface area contributed by atoms with Crippen LogP contribution in [0.3, 0.4) is 0 Å². The van der Waals surface area contributed by atoms with E-state index in [1.807, 2.05) is 13.8 Å². The third kappa shape index (κ3) is 3.06. The van der Waals surface area contributed by atoms with Crippen molar-refractivity contribution in [3.63, 3.8) is 0 Å². The van der Waals surface area contributed by atoms with E-state index in [9.17, 15) is 4.39 Å². The van der Waals surface area contributed by atoms with Gasteiger partial charge in [0.15, 0.2) is 0 Å². The van der Waals surface area contributed by atoms with E-state index in [1.54, 1.807) is 0 Å². The van der Waals surface area contributed by atoms with Crippen LogP contribution in [0, 0.1) is 5.82 Å². The van der Waals surface area contributed by atoms with Gasteiger partial charge in [-0.1, -0.05) is 11.6 Å². The van der Waals surface area contributed by atoms with Crippen molar-refractivity contribution >= 4 is 17.3 Å². The van der Waals surface area contributed by atoms with E-state index in [4.69, 9.17) is 26.8 Å². The van der Waals surface area contributed by atoms with Gasteiger partial charge in [0.25, 0.3) is 0 Å². The Hall–Kier alpha value is -1.00. The van der Waals surface area contributed by atoms with Crippen LogP contribution >= 0.6 is 11.6 Å². The van der Waals surface area contributed by atoms with Gasteiger partial charge in [-0.05, 0) is 19.9 Å². The van der Waals surface area contributed by atoms with E-state index in [2.05, 4.69) is 0 Å². The molecule has 2 atom stereocenters. The normalized spacial score (nSPS) is 28.1. The maximum Gasteiger partial charge on any atom is 0.145 e. The van der Waals surface area contributed by atoms with Gasteiger partial charge < -0.3 is 15.2 Å². The second-order valence-electron chi connectivity index (χ2n) is 4.77. The lowest BCUT2D eigenvalue weighted by Crippen LogP contribution is -2.35. The Kier molecular flexibility index (Phi) is 3.97. The largest absolute Gasteiger partial charge is 0.488 e. The van der Waals surface area contributed by atoms with Gasteiger partial charge in [-0.2, -0.15) is 0 Å². The molecule has 1 saturated heterocycles. The van der Waals surface area contributed by atoms with E-state index in [0.717, 1.165) is 12.8 Å². The Morgan fingerprint density at radius 1 is 1.33 bits per heavy atom. The van der Waals surface area contributed by atoms with Crippen LogP contribution in [0.2, 0.25) is 5.02 Å². The van der Waals surface area contributed by atoms with Crippen LogP contribution in [0.4, 0.5) is 10.1 Å². The zero-order valence-corrected chi connectivity index (χ0v) is 11.2. The molecule has 5 heteroatoms. The molecule has 0 spiro atoms. The van der Waals surface area contributed by atoms with Crippen molar-refractivity contribution in [1.82, 2.24) is 0 Å². The van der Waals surface area contributed by atoms with E-state index < -0.39 is 5.82 Å². The molecule has 1 aromatic rings. The van der Waals surface area contributed by atoms with Crippen LogP contribution in [0.25, 0.3) is 0 Å². The summed E-state index contributed by atoms with van der Waals surface area (Å²) in [4.78, 5) is 0. The van der Waals surface area contributed by atoms with Gasteiger partial charge >= 0.3 is 0 Å². The maximum atomic E-state index is 13.4. The molecule has 0 amide bonds. The van der Waals surface area contributed by atoms with E-state index in [0.29, 0.717) is 11.4 Å². The zero-order valence-electron chi connectivity index (χ0n) is 10.5. The summed E-state index contributed by atoms with van der Waals surface area (Å²) in [6, 6.07) is 2.61. The molecule has 0 bridgehead atoms. The Bertz CT molecular complexity index is 431. The molecule has 1 heterocycles. The molecule has 2 rings (SSSR count). The fourth-order valence-corrected chi connectivity index (χ4v) is 2.44. The average molecular weight is 274 g/mol. The van der Waals surface area contributed by atoms with Crippen LogP contribution in [0.5, 0.6) is 5.75 Å². The maximum absolute atomic E-state index is 13.4. The number of anilines is 1. The van der Waals surface area contributed by atoms with Crippen LogP contribution in [0.1, 0.15) is 26.7 Å². The van der Waals surface area contributed by atoms with Crippen molar-refractivity contribution in [2.24, 2.45) is 0 Å². The lowest BCUT2D eigenvalue weighted by molar-refractivity contribution is -0.0720. The number of hydrogen-bond acceptors (Lipinski definition) is 3. The zero-order chi connectivity index (χ0) is 13.3.